The normalized spacial score (nSPS) is 21.2. The van der Waals surface area contributed by atoms with Crippen molar-refractivity contribution in [2.24, 2.45) is 13.0 Å². The highest BCUT2D eigenvalue weighted by Crippen LogP contribution is 2.29. The van der Waals surface area contributed by atoms with Gasteiger partial charge < -0.3 is 9.80 Å². The number of nitrogens with zero attached hydrogens (tertiary/aromatic N) is 6. The van der Waals surface area contributed by atoms with E-state index in [1.807, 2.05) is 17.9 Å². The summed E-state index contributed by atoms with van der Waals surface area (Å²) in [5, 5.41) is 5.43. The molecule has 0 saturated carbocycles. The van der Waals surface area contributed by atoms with Crippen molar-refractivity contribution >= 4 is 22.8 Å². The van der Waals surface area contributed by atoms with Gasteiger partial charge in [-0.1, -0.05) is 6.92 Å². The Morgan fingerprint density at radius 2 is 2.12 bits per heavy atom. The van der Waals surface area contributed by atoms with Crippen LogP contribution in [0, 0.1) is 5.92 Å². The smallest absolute Gasteiger partial charge is 0.222 e. The zero-order chi connectivity index (χ0) is 18.1. The molecule has 0 bridgehead atoms. The number of fused-ring (bicyclic) bond motifs is 1. The third kappa shape index (κ3) is 3.27. The van der Waals surface area contributed by atoms with Gasteiger partial charge in [0, 0.05) is 46.1 Å². The lowest BCUT2D eigenvalue weighted by Gasteiger charge is -2.35. The van der Waals surface area contributed by atoms with Gasteiger partial charge in [-0.2, -0.15) is 5.10 Å². The van der Waals surface area contributed by atoms with E-state index in [1.54, 1.807) is 0 Å². The minimum absolute atomic E-state index is 0.323. The number of aromatic nitrogens is 4. The average molecular weight is 356 g/mol. The van der Waals surface area contributed by atoms with E-state index in [-0.39, 0.29) is 0 Å². The molecule has 2 saturated heterocycles. The van der Waals surface area contributed by atoms with Crippen molar-refractivity contribution in [2.45, 2.75) is 45.4 Å². The van der Waals surface area contributed by atoms with Gasteiger partial charge in [-0.25, -0.2) is 9.97 Å². The lowest BCUT2D eigenvalue weighted by Crippen LogP contribution is -2.42. The Balaban J connectivity index is 1.58. The minimum Gasteiger partial charge on any atom is -0.356 e. The van der Waals surface area contributed by atoms with E-state index in [2.05, 4.69) is 21.8 Å². The summed E-state index contributed by atoms with van der Waals surface area (Å²) in [5.74, 6) is 2.76. The van der Waals surface area contributed by atoms with Crippen LogP contribution >= 0.6 is 0 Å². The highest BCUT2D eigenvalue weighted by atomic mass is 16.2. The predicted molar refractivity (Wildman–Crippen MR) is 101 cm³/mol. The molecule has 4 heterocycles. The molecule has 0 aromatic carbocycles. The van der Waals surface area contributed by atoms with Crippen molar-refractivity contribution in [1.82, 2.24) is 24.6 Å². The topological polar surface area (TPSA) is 67.2 Å². The molecule has 7 heteroatoms. The minimum atomic E-state index is 0.323. The van der Waals surface area contributed by atoms with Crippen LogP contribution in [0.25, 0.3) is 11.0 Å². The van der Waals surface area contributed by atoms with Crippen molar-refractivity contribution < 1.29 is 4.79 Å². The molecular formula is C19H28N6O. The summed E-state index contributed by atoms with van der Waals surface area (Å²) in [6.07, 6.45) is 7.85. The second-order valence-corrected chi connectivity index (χ2v) is 7.62. The van der Waals surface area contributed by atoms with Crippen molar-refractivity contribution in [2.75, 3.05) is 31.1 Å². The van der Waals surface area contributed by atoms with Gasteiger partial charge in [0.15, 0.2) is 5.65 Å². The number of hydrogen-bond donors (Lipinski definition) is 0. The Labute approximate surface area is 154 Å². The quantitative estimate of drug-likeness (QED) is 0.821. The lowest BCUT2D eigenvalue weighted by atomic mass is 9.97. The van der Waals surface area contributed by atoms with Crippen LogP contribution in [0.5, 0.6) is 0 Å². The van der Waals surface area contributed by atoms with Gasteiger partial charge in [0.2, 0.25) is 5.91 Å². The molecule has 1 unspecified atom stereocenters. The van der Waals surface area contributed by atoms with Gasteiger partial charge in [0.05, 0.1) is 11.6 Å². The van der Waals surface area contributed by atoms with Crippen molar-refractivity contribution in [3.8, 4) is 0 Å². The molecule has 0 spiro atoms. The standard InChI is InChI=1S/C19H28N6O/c1-3-6-16-21-18-15(11-20-23(18)2)19(22-16)25-10-4-7-14(13-25)12-24-9-5-8-17(24)26/h11,14H,3-10,12-13H2,1-2H3. The Morgan fingerprint density at radius 3 is 2.88 bits per heavy atom. The molecule has 26 heavy (non-hydrogen) atoms. The summed E-state index contributed by atoms with van der Waals surface area (Å²) in [7, 11) is 1.94. The first-order valence-electron chi connectivity index (χ1n) is 9.87. The number of hydrogen-bond acceptors (Lipinski definition) is 5. The summed E-state index contributed by atoms with van der Waals surface area (Å²) in [4.78, 5) is 26.0. The number of rotatable bonds is 5. The van der Waals surface area contributed by atoms with Crippen molar-refractivity contribution in [1.29, 1.82) is 0 Å². The van der Waals surface area contributed by atoms with Crippen LogP contribution in [0.15, 0.2) is 6.20 Å². The first-order chi connectivity index (χ1) is 12.7. The largest absolute Gasteiger partial charge is 0.356 e. The number of likely N-dealkylation sites (tertiary alicyclic amines) is 1. The first-order valence-corrected chi connectivity index (χ1v) is 9.87. The Hall–Kier alpha value is -2.18. The number of carbonyl (C=O) groups is 1. The van der Waals surface area contributed by atoms with E-state index in [0.717, 1.165) is 81.0 Å². The maximum absolute atomic E-state index is 12.0. The van der Waals surface area contributed by atoms with E-state index in [9.17, 15) is 4.79 Å². The van der Waals surface area contributed by atoms with Gasteiger partial charge in [-0.3, -0.25) is 9.48 Å². The molecule has 2 aliphatic heterocycles. The predicted octanol–water partition coefficient (Wildman–Crippen LogP) is 2.15. The first kappa shape index (κ1) is 17.2. The van der Waals surface area contributed by atoms with E-state index in [1.165, 1.54) is 6.42 Å². The molecule has 2 aromatic rings. The van der Waals surface area contributed by atoms with Crippen LogP contribution in [0.1, 0.15) is 44.9 Å². The van der Waals surface area contributed by atoms with Crippen LogP contribution in [0.4, 0.5) is 5.82 Å². The Morgan fingerprint density at radius 1 is 1.23 bits per heavy atom. The van der Waals surface area contributed by atoms with Gasteiger partial charge in [0.1, 0.15) is 11.6 Å². The monoisotopic (exact) mass is 356 g/mol. The molecule has 1 atom stereocenters. The zero-order valence-electron chi connectivity index (χ0n) is 15.8. The second kappa shape index (κ2) is 7.21. The van der Waals surface area contributed by atoms with Crippen molar-refractivity contribution in [3.05, 3.63) is 12.0 Å². The van der Waals surface area contributed by atoms with Crippen LogP contribution in [-0.2, 0) is 18.3 Å². The van der Waals surface area contributed by atoms with Gasteiger partial charge >= 0.3 is 0 Å². The van der Waals surface area contributed by atoms with E-state index >= 15 is 0 Å². The maximum atomic E-state index is 12.0. The molecule has 4 rings (SSSR count). The van der Waals surface area contributed by atoms with Gasteiger partial charge in [-0.15, -0.1) is 0 Å². The fourth-order valence-electron chi connectivity index (χ4n) is 4.24. The molecule has 140 valence electrons. The summed E-state index contributed by atoms with van der Waals surface area (Å²) >= 11 is 0. The third-order valence-electron chi connectivity index (χ3n) is 5.56. The van der Waals surface area contributed by atoms with E-state index in [0.29, 0.717) is 11.8 Å². The highest BCUT2D eigenvalue weighted by Gasteiger charge is 2.28. The van der Waals surface area contributed by atoms with Gasteiger partial charge in [-0.05, 0) is 31.6 Å². The van der Waals surface area contributed by atoms with E-state index in [4.69, 9.17) is 9.97 Å². The zero-order valence-corrected chi connectivity index (χ0v) is 15.8. The third-order valence-corrected chi connectivity index (χ3v) is 5.56. The van der Waals surface area contributed by atoms with Crippen molar-refractivity contribution in [3.63, 3.8) is 0 Å². The van der Waals surface area contributed by atoms with Gasteiger partial charge in [0.25, 0.3) is 0 Å². The van der Waals surface area contributed by atoms with E-state index < -0.39 is 0 Å². The summed E-state index contributed by atoms with van der Waals surface area (Å²) < 4.78 is 1.84. The lowest BCUT2D eigenvalue weighted by molar-refractivity contribution is -0.128. The highest BCUT2D eigenvalue weighted by molar-refractivity contribution is 5.87. The number of anilines is 1. The summed E-state index contributed by atoms with van der Waals surface area (Å²) in [6.45, 7) is 5.93. The second-order valence-electron chi connectivity index (χ2n) is 7.62. The molecule has 1 amide bonds. The molecule has 7 nitrogen and oxygen atoms in total. The molecule has 2 aromatic heterocycles. The number of carbonyl (C=O) groups excluding carboxylic acids is 1. The fourth-order valence-corrected chi connectivity index (χ4v) is 4.24. The van der Waals surface area contributed by atoms with Crippen LogP contribution in [0.2, 0.25) is 0 Å². The molecule has 2 fully saturated rings. The molecule has 0 radical (unpaired) electrons. The van der Waals surface area contributed by atoms with Crippen LogP contribution < -0.4 is 4.90 Å². The Kier molecular flexibility index (Phi) is 4.78. The number of amides is 1. The Bertz CT molecular complexity index is 801. The molecule has 2 aliphatic rings. The number of piperidine rings is 1. The maximum Gasteiger partial charge on any atom is 0.222 e. The summed E-state index contributed by atoms with van der Waals surface area (Å²) in [5.41, 5.74) is 0.912. The molecule has 0 aliphatic carbocycles. The van der Waals surface area contributed by atoms with Crippen LogP contribution in [-0.4, -0.2) is 56.7 Å². The number of aryl methyl sites for hydroxylation is 2. The molecular weight excluding hydrogens is 328 g/mol. The van der Waals surface area contributed by atoms with Crippen LogP contribution in [0.3, 0.4) is 0 Å². The summed E-state index contributed by atoms with van der Waals surface area (Å²) in [6, 6.07) is 0. The molecule has 0 N–H and O–H groups in total. The fraction of sp³-hybridized carbons (Fsp3) is 0.684. The average Bonchev–Trinajstić information content (AvgIpc) is 3.21. The SMILES string of the molecule is CCCc1nc(N2CCCC(CN3CCCC3=O)C2)c2cnn(C)c2n1.